The van der Waals surface area contributed by atoms with E-state index in [-0.39, 0.29) is 28.5 Å². The second-order valence-corrected chi connectivity index (χ2v) is 8.10. The largest absolute Gasteiger partial charge is 0.384 e. The Balaban J connectivity index is 1.99. The van der Waals surface area contributed by atoms with E-state index in [1.54, 1.807) is 24.3 Å². The van der Waals surface area contributed by atoms with E-state index in [2.05, 4.69) is 0 Å². The minimum atomic E-state index is -4.07. The molecule has 1 unspecified atom stereocenters. The van der Waals surface area contributed by atoms with E-state index < -0.39 is 20.9 Å². The van der Waals surface area contributed by atoms with Crippen LogP contribution in [0.5, 0.6) is 0 Å². The molecule has 0 saturated carbocycles. The molecule has 1 aliphatic heterocycles. The van der Waals surface area contributed by atoms with Crippen LogP contribution in [0.2, 0.25) is 5.02 Å². The fourth-order valence-electron chi connectivity index (χ4n) is 2.87. The van der Waals surface area contributed by atoms with Crippen molar-refractivity contribution in [1.29, 1.82) is 5.26 Å². The maximum Gasteiger partial charge on any atom is 0.269 e. The predicted molar refractivity (Wildman–Crippen MR) is 98.0 cm³/mol. The number of rotatable bonds is 4. The molecule has 8 nitrogen and oxygen atoms in total. The Bertz CT molecular complexity index is 1070. The molecule has 1 aliphatic rings. The molecule has 1 heterocycles. The Kier molecular flexibility index (Phi) is 4.78. The minimum absolute atomic E-state index is 0.0460. The van der Waals surface area contributed by atoms with Crippen molar-refractivity contribution in [2.24, 2.45) is 5.73 Å². The summed E-state index contributed by atoms with van der Waals surface area (Å²) in [5.41, 5.74) is 6.59. The maximum atomic E-state index is 12.9. The van der Waals surface area contributed by atoms with Crippen LogP contribution >= 0.6 is 11.6 Å². The molecule has 138 valence electrons. The maximum absolute atomic E-state index is 12.9. The predicted octanol–water partition coefficient (Wildman–Crippen LogP) is 2.73. The minimum Gasteiger partial charge on any atom is -0.384 e. The molecule has 1 atom stereocenters. The van der Waals surface area contributed by atoms with Crippen molar-refractivity contribution >= 4 is 27.3 Å². The fraction of sp³-hybridized carbons (Fsp3) is 0.118. The molecule has 3 rings (SSSR count). The van der Waals surface area contributed by atoms with Crippen LogP contribution in [-0.4, -0.2) is 24.2 Å². The molecule has 27 heavy (non-hydrogen) atoms. The molecule has 0 aromatic heterocycles. The van der Waals surface area contributed by atoms with Crippen LogP contribution < -0.4 is 5.73 Å². The number of nitro groups is 1. The summed E-state index contributed by atoms with van der Waals surface area (Å²) in [6, 6.07) is 13.2. The number of sulfonamides is 1. The van der Waals surface area contributed by atoms with E-state index in [1.807, 2.05) is 6.07 Å². The number of nitriles is 1. The van der Waals surface area contributed by atoms with Crippen molar-refractivity contribution in [3.8, 4) is 6.07 Å². The second kappa shape index (κ2) is 6.90. The SMILES string of the molecule is N#CC1=C(N)N(S(=O)(=O)c2ccc([N+](=O)[O-])cc2)CC1c1ccc(Cl)cc1. The Hall–Kier alpha value is -3.09. The molecular weight excluding hydrogens is 392 g/mol. The summed E-state index contributed by atoms with van der Waals surface area (Å²) in [5, 5.41) is 20.7. The van der Waals surface area contributed by atoms with Crippen LogP contribution in [0, 0.1) is 21.4 Å². The molecule has 2 aromatic carbocycles. The Morgan fingerprint density at radius 3 is 2.30 bits per heavy atom. The van der Waals surface area contributed by atoms with Gasteiger partial charge in [0.05, 0.1) is 21.5 Å². The Morgan fingerprint density at radius 1 is 1.19 bits per heavy atom. The normalized spacial score (nSPS) is 17.0. The lowest BCUT2D eigenvalue weighted by atomic mass is 9.94. The third-order valence-corrected chi connectivity index (χ3v) is 6.32. The second-order valence-electron chi connectivity index (χ2n) is 5.80. The van der Waals surface area contributed by atoms with E-state index in [1.165, 1.54) is 0 Å². The molecule has 0 aliphatic carbocycles. The van der Waals surface area contributed by atoms with Gasteiger partial charge in [0.15, 0.2) is 0 Å². The van der Waals surface area contributed by atoms with E-state index in [4.69, 9.17) is 17.3 Å². The Labute approximate surface area is 160 Å². The van der Waals surface area contributed by atoms with Gasteiger partial charge in [-0.05, 0) is 29.8 Å². The summed E-state index contributed by atoms with van der Waals surface area (Å²) in [7, 11) is -4.07. The molecule has 2 aromatic rings. The molecule has 0 bridgehead atoms. The highest BCUT2D eigenvalue weighted by Crippen LogP contribution is 2.37. The van der Waals surface area contributed by atoms with Crippen molar-refractivity contribution in [3.05, 3.63) is 80.6 Å². The lowest BCUT2D eigenvalue weighted by molar-refractivity contribution is -0.384. The summed E-state index contributed by atoms with van der Waals surface area (Å²) >= 11 is 5.88. The molecule has 2 N–H and O–H groups in total. The standard InChI is InChI=1S/C17H13ClN4O4S/c18-12-3-1-11(2-4-12)16-10-21(17(20)15(16)9-19)27(25,26)14-7-5-13(6-8-14)22(23)24/h1-8,16H,10,20H2. The first-order valence-corrected chi connectivity index (χ1v) is 9.50. The quantitative estimate of drug-likeness (QED) is 0.615. The first-order valence-electron chi connectivity index (χ1n) is 7.68. The van der Waals surface area contributed by atoms with Crippen molar-refractivity contribution < 1.29 is 13.3 Å². The molecule has 10 heteroatoms. The zero-order valence-electron chi connectivity index (χ0n) is 13.7. The van der Waals surface area contributed by atoms with E-state index in [0.29, 0.717) is 10.6 Å². The zero-order valence-corrected chi connectivity index (χ0v) is 15.3. The molecule has 0 radical (unpaired) electrons. The smallest absolute Gasteiger partial charge is 0.269 e. The third kappa shape index (κ3) is 3.32. The number of nitrogens with zero attached hydrogens (tertiary/aromatic N) is 3. The van der Waals surface area contributed by atoms with Crippen molar-refractivity contribution in [3.63, 3.8) is 0 Å². The van der Waals surface area contributed by atoms with Gasteiger partial charge in [-0.1, -0.05) is 23.7 Å². The molecule has 0 spiro atoms. The number of benzene rings is 2. The highest BCUT2D eigenvalue weighted by molar-refractivity contribution is 7.89. The highest BCUT2D eigenvalue weighted by atomic mass is 35.5. The number of hydrogen-bond acceptors (Lipinski definition) is 6. The highest BCUT2D eigenvalue weighted by Gasteiger charge is 2.38. The number of halogens is 1. The van der Waals surface area contributed by atoms with E-state index >= 15 is 0 Å². The average molecular weight is 405 g/mol. The van der Waals surface area contributed by atoms with E-state index in [0.717, 1.165) is 28.6 Å². The number of non-ortho nitro benzene ring substituents is 1. The van der Waals surface area contributed by atoms with Crippen LogP contribution in [0.4, 0.5) is 5.69 Å². The van der Waals surface area contributed by atoms with Crippen molar-refractivity contribution in [1.82, 2.24) is 4.31 Å². The summed E-state index contributed by atoms with van der Waals surface area (Å²) in [6.45, 7) is -0.0460. The van der Waals surface area contributed by atoms with Gasteiger partial charge in [-0.3, -0.25) is 14.4 Å². The van der Waals surface area contributed by atoms with Gasteiger partial charge >= 0.3 is 0 Å². The van der Waals surface area contributed by atoms with Crippen LogP contribution in [0.15, 0.2) is 64.8 Å². The summed E-state index contributed by atoms with van der Waals surface area (Å²) < 4.78 is 26.8. The van der Waals surface area contributed by atoms with Crippen molar-refractivity contribution in [2.75, 3.05) is 6.54 Å². The number of hydrogen-bond donors (Lipinski definition) is 1. The van der Waals surface area contributed by atoms with Crippen LogP contribution in [0.1, 0.15) is 11.5 Å². The van der Waals surface area contributed by atoms with Gasteiger partial charge in [-0.25, -0.2) is 8.42 Å². The van der Waals surface area contributed by atoms with Crippen molar-refractivity contribution in [2.45, 2.75) is 10.8 Å². The monoisotopic (exact) mass is 404 g/mol. The summed E-state index contributed by atoms with van der Waals surface area (Å²) in [4.78, 5) is 9.98. The summed E-state index contributed by atoms with van der Waals surface area (Å²) in [6.07, 6.45) is 0. The van der Waals surface area contributed by atoms with Crippen LogP contribution in [-0.2, 0) is 10.0 Å². The third-order valence-electron chi connectivity index (χ3n) is 4.27. The van der Waals surface area contributed by atoms with Crippen LogP contribution in [0.25, 0.3) is 0 Å². The molecule has 0 fully saturated rings. The van der Waals surface area contributed by atoms with Gasteiger partial charge in [-0.15, -0.1) is 0 Å². The molecule has 0 amide bonds. The van der Waals surface area contributed by atoms with Gasteiger partial charge < -0.3 is 5.73 Å². The topological polar surface area (TPSA) is 130 Å². The van der Waals surface area contributed by atoms with Crippen LogP contribution in [0.3, 0.4) is 0 Å². The molecule has 0 saturated heterocycles. The van der Waals surface area contributed by atoms with Gasteiger partial charge in [0.25, 0.3) is 15.7 Å². The van der Waals surface area contributed by atoms with Gasteiger partial charge in [0.2, 0.25) is 0 Å². The lowest BCUT2D eigenvalue weighted by Gasteiger charge is -2.20. The first kappa shape index (κ1) is 18.7. The Morgan fingerprint density at radius 2 is 1.78 bits per heavy atom. The zero-order chi connectivity index (χ0) is 19.8. The number of nitro benzene ring substituents is 1. The lowest BCUT2D eigenvalue weighted by Crippen LogP contribution is -2.32. The first-order chi connectivity index (χ1) is 12.8. The molecular formula is C17H13ClN4O4S. The van der Waals surface area contributed by atoms with E-state index in [9.17, 15) is 23.8 Å². The van der Waals surface area contributed by atoms with Gasteiger partial charge in [0.1, 0.15) is 5.82 Å². The fourth-order valence-corrected chi connectivity index (χ4v) is 4.43. The van der Waals surface area contributed by atoms with Gasteiger partial charge in [-0.2, -0.15) is 5.26 Å². The average Bonchev–Trinajstić information content (AvgIpc) is 2.99. The number of nitrogens with two attached hydrogens (primary N) is 1. The van der Waals surface area contributed by atoms with Gasteiger partial charge in [0, 0.05) is 29.6 Å². The summed E-state index contributed by atoms with van der Waals surface area (Å²) in [5.74, 6) is -0.684.